The second-order valence-electron chi connectivity index (χ2n) is 5.14. The Balaban J connectivity index is 1.35. The molecule has 0 radical (unpaired) electrons. The Morgan fingerprint density at radius 2 is 2.00 bits per heavy atom. The second kappa shape index (κ2) is 6.26. The molecule has 0 aromatic heterocycles. The first-order valence-electron chi connectivity index (χ1n) is 7.13. The highest BCUT2D eigenvalue weighted by Crippen LogP contribution is 2.32. The van der Waals surface area contributed by atoms with E-state index in [9.17, 15) is 0 Å². The Morgan fingerprint density at radius 3 is 2.89 bits per heavy atom. The molecule has 1 aliphatic carbocycles. The molecule has 4 nitrogen and oxygen atoms in total. The summed E-state index contributed by atoms with van der Waals surface area (Å²) in [6.45, 7) is 2.87. The quantitative estimate of drug-likeness (QED) is 0.800. The maximum Gasteiger partial charge on any atom is 0.231 e. The SMILES string of the molecule is c1cc2c(cc1CNCCOC1CCCC1)OCO2. The average Bonchev–Trinajstić information content (AvgIpc) is 3.08. The minimum atomic E-state index is 0.335. The van der Waals surface area contributed by atoms with Crippen LogP contribution in [-0.4, -0.2) is 26.0 Å². The van der Waals surface area contributed by atoms with Crippen molar-refractivity contribution in [2.75, 3.05) is 19.9 Å². The molecule has 1 N–H and O–H groups in total. The zero-order chi connectivity index (χ0) is 12.9. The van der Waals surface area contributed by atoms with Gasteiger partial charge in [0, 0.05) is 13.1 Å². The summed E-state index contributed by atoms with van der Waals surface area (Å²) in [6, 6.07) is 6.07. The highest BCUT2D eigenvalue weighted by atomic mass is 16.7. The van der Waals surface area contributed by atoms with Crippen LogP contribution in [0.2, 0.25) is 0 Å². The van der Waals surface area contributed by atoms with Crippen molar-refractivity contribution in [1.82, 2.24) is 5.32 Å². The molecule has 1 heterocycles. The van der Waals surface area contributed by atoms with Crippen LogP contribution in [0, 0.1) is 0 Å². The second-order valence-corrected chi connectivity index (χ2v) is 5.14. The minimum absolute atomic E-state index is 0.335. The van der Waals surface area contributed by atoms with Crippen LogP contribution >= 0.6 is 0 Å². The van der Waals surface area contributed by atoms with Gasteiger partial charge in [0.1, 0.15) is 0 Å². The highest BCUT2D eigenvalue weighted by Gasteiger charge is 2.15. The van der Waals surface area contributed by atoms with Crippen LogP contribution in [0.3, 0.4) is 0 Å². The van der Waals surface area contributed by atoms with E-state index in [1.54, 1.807) is 0 Å². The number of nitrogens with one attached hydrogen (secondary N) is 1. The molecule has 3 rings (SSSR count). The fraction of sp³-hybridized carbons (Fsp3) is 0.600. The van der Waals surface area contributed by atoms with Gasteiger partial charge in [-0.1, -0.05) is 18.9 Å². The van der Waals surface area contributed by atoms with Gasteiger partial charge in [0.05, 0.1) is 12.7 Å². The fourth-order valence-corrected chi connectivity index (χ4v) is 2.64. The van der Waals surface area contributed by atoms with E-state index in [-0.39, 0.29) is 0 Å². The van der Waals surface area contributed by atoms with Crippen molar-refractivity contribution >= 4 is 0 Å². The van der Waals surface area contributed by atoms with Crippen LogP contribution in [0.25, 0.3) is 0 Å². The fourth-order valence-electron chi connectivity index (χ4n) is 2.64. The lowest BCUT2D eigenvalue weighted by molar-refractivity contribution is 0.0603. The van der Waals surface area contributed by atoms with Crippen LogP contribution in [0.15, 0.2) is 18.2 Å². The molecular formula is C15H21NO3. The molecule has 1 aliphatic heterocycles. The third kappa shape index (κ3) is 3.39. The molecule has 0 amide bonds. The van der Waals surface area contributed by atoms with Gasteiger partial charge in [0.25, 0.3) is 0 Å². The summed E-state index contributed by atoms with van der Waals surface area (Å²) in [7, 11) is 0. The molecule has 1 fully saturated rings. The summed E-state index contributed by atoms with van der Waals surface area (Å²) < 4.78 is 16.5. The van der Waals surface area contributed by atoms with E-state index in [0.29, 0.717) is 12.9 Å². The van der Waals surface area contributed by atoms with Crippen molar-refractivity contribution in [2.45, 2.75) is 38.3 Å². The van der Waals surface area contributed by atoms with Crippen molar-refractivity contribution in [2.24, 2.45) is 0 Å². The van der Waals surface area contributed by atoms with Crippen LogP contribution in [0.4, 0.5) is 0 Å². The standard InChI is InChI=1S/C15H21NO3/c1-2-4-13(3-1)17-8-7-16-10-12-5-6-14-15(9-12)19-11-18-14/h5-6,9,13,16H,1-4,7-8,10-11H2. The summed E-state index contributed by atoms with van der Waals surface area (Å²) in [6.07, 6.45) is 5.64. The normalized spacial score (nSPS) is 18.1. The van der Waals surface area contributed by atoms with Gasteiger partial charge in [-0.3, -0.25) is 0 Å². The van der Waals surface area contributed by atoms with Crippen LogP contribution in [0.1, 0.15) is 31.2 Å². The molecule has 0 atom stereocenters. The zero-order valence-electron chi connectivity index (χ0n) is 11.2. The van der Waals surface area contributed by atoms with Gasteiger partial charge in [0.2, 0.25) is 6.79 Å². The smallest absolute Gasteiger partial charge is 0.231 e. The van der Waals surface area contributed by atoms with E-state index in [1.165, 1.54) is 31.2 Å². The summed E-state index contributed by atoms with van der Waals surface area (Å²) in [5.74, 6) is 1.69. The lowest BCUT2D eigenvalue weighted by Crippen LogP contribution is -2.21. The molecule has 1 aromatic carbocycles. The van der Waals surface area contributed by atoms with E-state index in [0.717, 1.165) is 31.2 Å². The third-order valence-corrected chi connectivity index (χ3v) is 3.70. The Labute approximate surface area is 114 Å². The van der Waals surface area contributed by atoms with Crippen molar-refractivity contribution in [1.29, 1.82) is 0 Å². The predicted octanol–water partition coefficient (Wildman–Crippen LogP) is 2.46. The number of hydrogen-bond acceptors (Lipinski definition) is 4. The maximum absolute atomic E-state index is 5.81. The number of fused-ring (bicyclic) bond motifs is 1. The molecule has 1 aromatic rings. The van der Waals surface area contributed by atoms with E-state index >= 15 is 0 Å². The van der Waals surface area contributed by atoms with Gasteiger partial charge in [0.15, 0.2) is 11.5 Å². The van der Waals surface area contributed by atoms with Crippen molar-refractivity contribution in [3.05, 3.63) is 23.8 Å². The van der Waals surface area contributed by atoms with Gasteiger partial charge in [-0.05, 0) is 30.5 Å². The molecular weight excluding hydrogens is 242 g/mol. The molecule has 1 saturated carbocycles. The van der Waals surface area contributed by atoms with E-state index in [4.69, 9.17) is 14.2 Å². The van der Waals surface area contributed by atoms with E-state index in [1.807, 2.05) is 12.1 Å². The topological polar surface area (TPSA) is 39.7 Å². The number of ether oxygens (including phenoxy) is 3. The predicted molar refractivity (Wildman–Crippen MR) is 72.5 cm³/mol. The Kier molecular flexibility index (Phi) is 4.20. The zero-order valence-corrected chi connectivity index (χ0v) is 11.2. The average molecular weight is 263 g/mol. The number of rotatable bonds is 6. The van der Waals surface area contributed by atoms with Crippen molar-refractivity contribution in [3.8, 4) is 11.5 Å². The summed E-state index contributed by atoms with van der Waals surface area (Å²) in [5.41, 5.74) is 1.21. The minimum Gasteiger partial charge on any atom is -0.454 e. The molecule has 0 spiro atoms. The van der Waals surface area contributed by atoms with E-state index in [2.05, 4.69) is 11.4 Å². The van der Waals surface area contributed by atoms with Crippen LogP contribution < -0.4 is 14.8 Å². The van der Waals surface area contributed by atoms with Crippen LogP contribution in [-0.2, 0) is 11.3 Å². The highest BCUT2D eigenvalue weighted by molar-refractivity contribution is 5.44. The molecule has 0 unspecified atom stereocenters. The Morgan fingerprint density at radius 1 is 1.16 bits per heavy atom. The summed E-state index contributed by atoms with van der Waals surface area (Å²) in [4.78, 5) is 0. The maximum atomic E-state index is 5.81. The third-order valence-electron chi connectivity index (χ3n) is 3.70. The first-order chi connectivity index (χ1) is 9.42. The Hall–Kier alpha value is -1.26. The molecule has 2 aliphatic rings. The summed E-state index contributed by atoms with van der Waals surface area (Å²) in [5, 5.41) is 3.40. The lowest BCUT2D eigenvalue weighted by Gasteiger charge is -2.11. The Bertz CT molecular complexity index is 416. The lowest BCUT2D eigenvalue weighted by atomic mass is 10.2. The first kappa shape index (κ1) is 12.8. The molecule has 104 valence electrons. The van der Waals surface area contributed by atoms with E-state index < -0.39 is 0 Å². The molecule has 0 saturated heterocycles. The number of hydrogen-bond donors (Lipinski definition) is 1. The first-order valence-corrected chi connectivity index (χ1v) is 7.13. The van der Waals surface area contributed by atoms with Crippen molar-refractivity contribution < 1.29 is 14.2 Å². The summed E-state index contributed by atoms with van der Waals surface area (Å²) >= 11 is 0. The largest absolute Gasteiger partial charge is 0.454 e. The monoisotopic (exact) mass is 263 g/mol. The van der Waals surface area contributed by atoms with Gasteiger partial charge in [-0.25, -0.2) is 0 Å². The van der Waals surface area contributed by atoms with Crippen molar-refractivity contribution in [3.63, 3.8) is 0 Å². The number of benzene rings is 1. The molecule has 4 heteroatoms. The van der Waals surface area contributed by atoms with Gasteiger partial charge in [-0.2, -0.15) is 0 Å². The van der Waals surface area contributed by atoms with Gasteiger partial charge >= 0.3 is 0 Å². The van der Waals surface area contributed by atoms with Gasteiger partial charge < -0.3 is 19.5 Å². The molecule has 19 heavy (non-hydrogen) atoms. The molecule has 0 bridgehead atoms. The van der Waals surface area contributed by atoms with Gasteiger partial charge in [-0.15, -0.1) is 0 Å². The van der Waals surface area contributed by atoms with Crippen LogP contribution in [0.5, 0.6) is 11.5 Å².